The molecule has 0 amide bonds. The van der Waals surface area contributed by atoms with Gasteiger partial charge in [-0.05, 0) is 75.6 Å². The molecule has 0 aliphatic heterocycles. The molecule has 3 heteroatoms. The number of rotatable bonds is 5. The lowest BCUT2D eigenvalue weighted by atomic mass is 10.0. The molecular formula is C19H29NO2. The summed E-state index contributed by atoms with van der Waals surface area (Å²) < 4.78 is 5.98. The van der Waals surface area contributed by atoms with Crippen LogP contribution in [0.4, 0.5) is 0 Å². The maximum absolute atomic E-state index is 9.74. The summed E-state index contributed by atoms with van der Waals surface area (Å²) in [5, 5.41) is 9.74. The van der Waals surface area contributed by atoms with Crippen LogP contribution in [0.5, 0.6) is 5.75 Å². The van der Waals surface area contributed by atoms with E-state index in [9.17, 15) is 5.11 Å². The average Bonchev–Trinajstić information content (AvgIpc) is 3.00. The predicted molar refractivity (Wildman–Crippen MR) is 89.3 cm³/mol. The number of aryl methyl sites for hydroxylation is 1. The average molecular weight is 303 g/mol. The van der Waals surface area contributed by atoms with E-state index in [-0.39, 0.29) is 6.10 Å². The molecule has 122 valence electrons. The zero-order chi connectivity index (χ0) is 15.7. The van der Waals surface area contributed by atoms with Crippen molar-refractivity contribution in [1.82, 2.24) is 4.90 Å². The second-order valence-corrected chi connectivity index (χ2v) is 7.30. The smallest absolute Gasteiger partial charge is 0.122 e. The van der Waals surface area contributed by atoms with E-state index in [4.69, 9.17) is 4.74 Å². The highest BCUT2D eigenvalue weighted by Crippen LogP contribution is 2.45. The molecule has 2 saturated carbocycles. The molecule has 2 aliphatic carbocycles. The fraction of sp³-hybridized carbons (Fsp3) is 0.684. The predicted octanol–water partition coefficient (Wildman–Crippen LogP) is 3.16. The second kappa shape index (κ2) is 6.59. The van der Waals surface area contributed by atoms with Crippen LogP contribution < -0.4 is 4.74 Å². The third kappa shape index (κ3) is 3.31. The van der Waals surface area contributed by atoms with E-state index in [1.165, 1.54) is 24.0 Å². The van der Waals surface area contributed by atoms with Crippen LogP contribution in [0.3, 0.4) is 0 Å². The molecule has 22 heavy (non-hydrogen) atoms. The molecule has 2 fully saturated rings. The largest absolute Gasteiger partial charge is 0.492 e. The first kappa shape index (κ1) is 15.8. The molecule has 4 atom stereocenters. The van der Waals surface area contributed by atoms with Crippen LogP contribution in [0.1, 0.15) is 36.8 Å². The normalized spacial score (nSPS) is 30.8. The molecule has 3 nitrogen and oxygen atoms in total. The molecule has 0 saturated heterocycles. The molecule has 1 N–H and O–H groups in total. The number of aliphatic hydroxyl groups is 1. The summed E-state index contributed by atoms with van der Waals surface area (Å²) in [5.74, 6) is 2.52. The van der Waals surface area contributed by atoms with E-state index in [1.54, 1.807) is 0 Å². The van der Waals surface area contributed by atoms with Crippen LogP contribution in [0, 0.1) is 25.7 Å². The lowest BCUT2D eigenvalue weighted by Gasteiger charge is -2.25. The van der Waals surface area contributed by atoms with Gasteiger partial charge in [-0.3, -0.25) is 0 Å². The van der Waals surface area contributed by atoms with Crippen LogP contribution >= 0.6 is 0 Å². The lowest BCUT2D eigenvalue weighted by Crippen LogP contribution is -2.33. The van der Waals surface area contributed by atoms with Gasteiger partial charge in [0, 0.05) is 12.6 Å². The first-order chi connectivity index (χ1) is 10.5. The molecule has 0 bridgehead atoms. The van der Waals surface area contributed by atoms with Crippen LogP contribution in [-0.2, 0) is 0 Å². The Balaban J connectivity index is 1.45. The van der Waals surface area contributed by atoms with Gasteiger partial charge in [-0.15, -0.1) is 0 Å². The summed E-state index contributed by atoms with van der Waals surface area (Å²) in [4.78, 5) is 2.45. The number of nitrogens with zero attached hydrogens (tertiary/aromatic N) is 1. The number of likely N-dealkylation sites (N-methyl/N-ethyl adjacent to an activating group) is 1. The quantitative estimate of drug-likeness (QED) is 0.907. The van der Waals surface area contributed by atoms with Crippen molar-refractivity contribution in [3.05, 3.63) is 29.3 Å². The highest BCUT2D eigenvalue weighted by atomic mass is 16.5. The number of fused-ring (bicyclic) bond motifs is 1. The van der Waals surface area contributed by atoms with Gasteiger partial charge in [0.05, 0.1) is 6.10 Å². The minimum Gasteiger partial charge on any atom is -0.492 e. The van der Waals surface area contributed by atoms with E-state index >= 15 is 0 Å². The van der Waals surface area contributed by atoms with Crippen molar-refractivity contribution in [2.75, 3.05) is 20.2 Å². The molecule has 2 aliphatic rings. The van der Waals surface area contributed by atoms with Crippen LogP contribution in [0.15, 0.2) is 18.2 Å². The minimum absolute atomic E-state index is 0.0334. The van der Waals surface area contributed by atoms with Gasteiger partial charge in [-0.1, -0.05) is 12.1 Å². The van der Waals surface area contributed by atoms with E-state index in [1.807, 2.05) is 0 Å². The summed E-state index contributed by atoms with van der Waals surface area (Å²) in [7, 11) is 2.22. The van der Waals surface area contributed by atoms with Crippen molar-refractivity contribution in [3.63, 3.8) is 0 Å². The van der Waals surface area contributed by atoms with E-state index in [0.717, 1.165) is 43.6 Å². The zero-order valence-corrected chi connectivity index (χ0v) is 14.1. The highest BCUT2D eigenvalue weighted by molar-refractivity contribution is 5.38. The summed E-state index contributed by atoms with van der Waals surface area (Å²) in [6.07, 6.45) is 4.51. The van der Waals surface area contributed by atoms with Crippen molar-refractivity contribution in [1.29, 1.82) is 0 Å². The molecule has 1 aromatic rings. The van der Waals surface area contributed by atoms with Crippen LogP contribution in [-0.4, -0.2) is 42.4 Å². The Hall–Kier alpha value is -1.06. The summed E-state index contributed by atoms with van der Waals surface area (Å²) >= 11 is 0. The molecule has 3 rings (SSSR count). The first-order valence-corrected chi connectivity index (χ1v) is 8.62. The third-order valence-corrected chi connectivity index (χ3v) is 5.85. The maximum Gasteiger partial charge on any atom is 0.122 e. The molecule has 2 unspecified atom stereocenters. The molecule has 0 radical (unpaired) electrons. The molecule has 0 aromatic heterocycles. The molecule has 0 heterocycles. The SMILES string of the molecule is Cc1cccc(OCCN(C)C2C[C@H]3CC(O)C[C@H]3C2)c1C. The standard InChI is InChI=1S/C19H29NO2/c1-13-5-4-6-19(14(13)2)22-8-7-20(3)17-9-15-11-18(21)12-16(15)10-17/h4-6,15-18,21H,7-12H2,1-3H3/t15-,16+,17?,18?. The van der Waals surface area contributed by atoms with Crippen LogP contribution in [0.25, 0.3) is 0 Å². The van der Waals surface area contributed by atoms with Crippen molar-refractivity contribution in [2.45, 2.75) is 51.7 Å². The monoisotopic (exact) mass is 303 g/mol. The van der Waals surface area contributed by atoms with Crippen LogP contribution in [0.2, 0.25) is 0 Å². The summed E-state index contributed by atoms with van der Waals surface area (Å²) in [5.41, 5.74) is 2.53. The van der Waals surface area contributed by atoms with Gasteiger partial charge < -0.3 is 14.7 Å². The Morgan fingerprint density at radius 1 is 1.14 bits per heavy atom. The van der Waals surface area contributed by atoms with Crippen molar-refractivity contribution >= 4 is 0 Å². The third-order valence-electron chi connectivity index (χ3n) is 5.85. The fourth-order valence-electron chi connectivity index (χ4n) is 4.28. The second-order valence-electron chi connectivity index (χ2n) is 7.30. The zero-order valence-electron chi connectivity index (χ0n) is 14.1. The van der Waals surface area contributed by atoms with Gasteiger partial charge in [0.1, 0.15) is 12.4 Å². The topological polar surface area (TPSA) is 32.7 Å². The minimum atomic E-state index is -0.0334. The van der Waals surface area contributed by atoms with Gasteiger partial charge in [-0.25, -0.2) is 0 Å². The van der Waals surface area contributed by atoms with Gasteiger partial charge >= 0.3 is 0 Å². The molecule has 1 aromatic carbocycles. The number of hydrogen-bond acceptors (Lipinski definition) is 3. The molecular weight excluding hydrogens is 274 g/mol. The van der Waals surface area contributed by atoms with Crippen molar-refractivity contribution < 1.29 is 9.84 Å². The Bertz CT molecular complexity index is 502. The Morgan fingerprint density at radius 3 is 2.50 bits per heavy atom. The van der Waals surface area contributed by atoms with Crippen molar-refractivity contribution in [3.8, 4) is 5.75 Å². The van der Waals surface area contributed by atoms with Gasteiger partial charge in [0.2, 0.25) is 0 Å². The summed E-state index contributed by atoms with van der Waals surface area (Å²) in [6.45, 7) is 5.97. The Labute approximate surface area is 134 Å². The number of ether oxygens (including phenoxy) is 1. The summed E-state index contributed by atoms with van der Waals surface area (Å²) in [6, 6.07) is 6.92. The Kier molecular flexibility index (Phi) is 4.74. The number of benzene rings is 1. The van der Waals surface area contributed by atoms with Gasteiger partial charge in [-0.2, -0.15) is 0 Å². The lowest BCUT2D eigenvalue weighted by molar-refractivity contribution is 0.152. The van der Waals surface area contributed by atoms with Crippen molar-refractivity contribution in [2.24, 2.45) is 11.8 Å². The molecule has 0 spiro atoms. The van der Waals surface area contributed by atoms with Gasteiger partial charge in [0.25, 0.3) is 0 Å². The highest BCUT2D eigenvalue weighted by Gasteiger charge is 2.42. The number of hydrogen-bond donors (Lipinski definition) is 1. The van der Waals surface area contributed by atoms with E-state index < -0.39 is 0 Å². The first-order valence-electron chi connectivity index (χ1n) is 8.62. The maximum atomic E-state index is 9.74. The number of aliphatic hydroxyl groups excluding tert-OH is 1. The van der Waals surface area contributed by atoms with E-state index in [2.05, 4.69) is 44.0 Å². The van der Waals surface area contributed by atoms with Gasteiger partial charge in [0.15, 0.2) is 0 Å². The van der Waals surface area contributed by atoms with E-state index in [0.29, 0.717) is 6.04 Å². The fourth-order valence-corrected chi connectivity index (χ4v) is 4.28. The Morgan fingerprint density at radius 2 is 1.82 bits per heavy atom.